The lowest BCUT2D eigenvalue weighted by Gasteiger charge is -2.38. The fraction of sp³-hybridized carbons (Fsp3) is 0.941. The fourth-order valence-electron chi connectivity index (χ4n) is 3.51. The fourth-order valence-corrected chi connectivity index (χ4v) is 3.51. The van der Waals surface area contributed by atoms with E-state index in [1.807, 2.05) is 0 Å². The molecule has 2 rings (SSSR count). The molecule has 2 heteroatoms. The molecule has 2 nitrogen and oxygen atoms in total. The van der Waals surface area contributed by atoms with Crippen LogP contribution in [0.2, 0.25) is 0 Å². The van der Waals surface area contributed by atoms with Crippen molar-refractivity contribution < 1.29 is 4.79 Å². The number of carbonyl (C=O) groups is 1. The van der Waals surface area contributed by atoms with Crippen LogP contribution in [0, 0.1) is 17.3 Å². The molecule has 2 atom stereocenters. The van der Waals surface area contributed by atoms with Crippen molar-refractivity contribution in [3.8, 4) is 0 Å². The molecule has 0 aromatic heterocycles. The summed E-state index contributed by atoms with van der Waals surface area (Å²) in [6.45, 7) is 11.4. The van der Waals surface area contributed by atoms with E-state index in [9.17, 15) is 4.79 Å². The summed E-state index contributed by atoms with van der Waals surface area (Å²) < 4.78 is 0. The van der Waals surface area contributed by atoms with E-state index in [1.54, 1.807) is 0 Å². The number of ketones is 1. The molecule has 110 valence electrons. The highest BCUT2D eigenvalue weighted by atomic mass is 16.1. The molecule has 2 saturated carbocycles. The first-order valence-corrected chi connectivity index (χ1v) is 8.18. The Kier molecular flexibility index (Phi) is 4.70. The number of Topliss-reactive ketones (excluding diaryl/α,β-unsaturated/α-hetero) is 1. The molecular formula is C17H31NO. The molecule has 2 aliphatic rings. The molecule has 0 radical (unpaired) electrons. The molecular weight excluding hydrogens is 234 g/mol. The third-order valence-corrected chi connectivity index (χ3v) is 5.02. The van der Waals surface area contributed by atoms with E-state index in [2.05, 4.69) is 32.6 Å². The van der Waals surface area contributed by atoms with Gasteiger partial charge in [-0.3, -0.25) is 9.69 Å². The van der Waals surface area contributed by atoms with Crippen molar-refractivity contribution >= 4 is 5.78 Å². The Morgan fingerprint density at radius 2 is 1.89 bits per heavy atom. The maximum atomic E-state index is 12.2. The summed E-state index contributed by atoms with van der Waals surface area (Å²) >= 11 is 0. The van der Waals surface area contributed by atoms with Crippen LogP contribution in [0.5, 0.6) is 0 Å². The molecule has 0 spiro atoms. The van der Waals surface area contributed by atoms with E-state index in [4.69, 9.17) is 0 Å². The summed E-state index contributed by atoms with van der Waals surface area (Å²) in [4.78, 5) is 14.8. The van der Waals surface area contributed by atoms with Crippen LogP contribution in [0.1, 0.15) is 66.2 Å². The second kappa shape index (κ2) is 5.95. The van der Waals surface area contributed by atoms with Crippen molar-refractivity contribution in [2.45, 2.75) is 72.3 Å². The Balaban J connectivity index is 1.94. The van der Waals surface area contributed by atoms with Gasteiger partial charge < -0.3 is 0 Å². The van der Waals surface area contributed by atoms with Crippen molar-refractivity contribution in [2.24, 2.45) is 17.3 Å². The van der Waals surface area contributed by atoms with Gasteiger partial charge in [-0.2, -0.15) is 0 Å². The van der Waals surface area contributed by atoms with Crippen LogP contribution < -0.4 is 0 Å². The van der Waals surface area contributed by atoms with Gasteiger partial charge in [0.1, 0.15) is 5.78 Å². The van der Waals surface area contributed by atoms with Gasteiger partial charge in [0.2, 0.25) is 0 Å². The van der Waals surface area contributed by atoms with Crippen molar-refractivity contribution in [3.05, 3.63) is 0 Å². The Hall–Kier alpha value is -0.370. The first kappa shape index (κ1) is 15.0. The van der Waals surface area contributed by atoms with E-state index in [1.165, 1.54) is 25.8 Å². The van der Waals surface area contributed by atoms with Crippen LogP contribution >= 0.6 is 0 Å². The number of rotatable bonds is 5. The van der Waals surface area contributed by atoms with Gasteiger partial charge in [-0.25, -0.2) is 0 Å². The normalized spacial score (nSPS) is 29.0. The molecule has 19 heavy (non-hydrogen) atoms. The van der Waals surface area contributed by atoms with E-state index in [0.717, 1.165) is 37.8 Å². The zero-order valence-corrected chi connectivity index (χ0v) is 13.2. The quantitative estimate of drug-likeness (QED) is 0.751. The molecule has 0 aromatic rings. The van der Waals surface area contributed by atoms with E-state index < -0.39 is 0 Å². The molecule has 2 aliphatic carbocycles. The number of nitrogens with zero attached hydrogens (tertiary/aromatic N) is 1. The summed E-state index contributed by atoms with van der Waals surface area (Å²) in [6, 6.07) is 0.794. The maximum Gasteiger partial charge on any atom is 0.137 e. The Labute approximate surface area is 118 Å². The highest BCUT2D eigenvalue weighted by Crippen LogP contribution is 2.40. The largest absolute Gasteiger partial charge is 0.300 e. The SMILES string of the molecule is CCCN(CC1CC(C(C)(C)C)CCC1=O)C1CC1. The van der Waals surface area contributed by atoms with Crippen molar-refractivity contribution in [2.75, 3.05) is 13.1 Å². The molecule has 0 aliphatic heterocycles. The molecule has 0 aromatic carbocycles. The molecule has 0 heterocycles. The number of carbonyl (C=O) groups excluding carboxylic acids is 1. The Morgan fingerprint density at radius 1 is 1.21 bits per heavy atom. The van der Waals surface area contributed by atoms with Gasteiger partial charge in [0, 0.05) is 24.9 Å². The maximum absolute atomic E-state index is 12.2. The predicted octanol–water partition coefficient (Wildman–Crippen LogP) is 3.89. The summed E-state index contributed by atoms with van der Waals surface area (Å²) in [7, 11) is 0. The molecule has 2 fully saturated rings. The summed E-state index contributed by atoms with van der Waals surface area (Å²) in [5.74, 6) is 1.56. The molecule has 2 unspecified atom stereocenters. The number of hydrogen-bond donors (Lipinski definition) is 0. The van der Waals surface area contributed by atoms with Crippen LogP contribution in [0.4, 0.5) is 0 Å². The Bertz CT molecular complexity index is 314. The highest BCUT2D eigenvalue weighted by molar-refractivity contribution is 5.82. The number of hydrogen-bond acceptors (Lipinski definition) is 2. The average molecular weight is 265 g/mol. The lowest BCUT2D eigenvalue weighted by Crippen LogP contribution is -2.40. The van der Waals surface area contributed by atoms with Crippen LogP contribution in [0.3, 0.4) is 0 Å². The Morgan fingerprint density at radius 3 is 2.42 bits per heavy atom. The second-order valence-electron chi connectivity index (χ2n) is 7.73. The third-order valence-electron chi connectivity index (χ3n) is 5.02. The second-order valence-corrected chi connectivity index (χ2v) is 7.73. The van der Waals surface area contributed by atoms with Crippen LogP contribution in [0.15, 0.2) is 0 Å². The van der Waals surface area contributed by atoms with Gasteiger partial charge in [0.15, 0.2) is 0 Å². The van der Waals surface area contributed by atoms with Crippen molar-refractivity contribution in [1.82, 2.24) is 4.90 Å². The highest BCUT2D eigenvalue weighted by Gasteiger charge is 2.37. The third kappa shape index (κ3) is 4.05. The van der Waals surface area contributed by atoms with Gasteiger partial charge >= 0.3 is 0 Å². The van der Waals surface area contributed by atoms with E-state index >= 15 is 0 Å². The topological polar surface area (TPSA) is 20.3 Å². The van der Waals surface area contributed by atoms with Gasteiger partial charge in [-0.05, 0) is 50.0 Å². The summed E-state index contributed by atoms with van der Waals surface area (Å²) in [6.07, 6.45) is 6.95. The standard InChI is InChI=1S/C17H31NO/c1-5-10-18(15-7-8-15)12-13-11-14(17(2,3)4)6-9-16(13)19/h13-15H,5-12H2,1-4H3. The molecule has 0 amide bonds. The molecule has 0 saturated heterocycles. The van der Waals surface area contributed by atoms with Crippen molar-refractivity contribution in [3.63, 3.8) is 0 Å². The minimum Gasteiger partial charge on any atom is -0.300 e. The van der Waals surface area contributed by atoms with Gasteiger partial charge in [-0.15, -0.1) is 0 Å². The van der Waals surface area contributed by atoms with Gasteiger partial charge in [-0.1, -0.05) is 27.7 Å². The zero-order valence-electron chi connectivity index (χ0n) is 13.2. The lowest BCUT2D eigenvalue weighted by atomic mass is 9.68. The average Bonchev–Trinajstić information content (AvgIpc) is 3.13. The smallest absolute Gasteiger partial charge is 0.137 e. The lowest BCUT2D eigenvalue weighted by molar-refractivity contribution is -0.127. The van der Waals surface area contributed by atoms with Crippen molar-refractivity contribution in [1.29, 1.82) is 0 Å². The minimum atomic E-state index is 0.310. The monoisotopic (exact) mass is 265 g/mol. The first-order valence-electron chi connectivity index (χ1n) is 8.18. The first-order chi connectivity index (χ1) is 8.91. The van der Waals surface area contributed by atoms with E-state index in [-0.39, 0.29) is 0 Å². The van der Waals surface area contributed by atoms with E-state index in [0.29, 0.717) is 17.1 Å². The summed E-state index contributed by atoms with van der Waals surface area (Å²) in [5, 5.41) is 0. The van der Waals surface area contributed by atoms with Gasteiger partial charge in [0.05, 0.1) is 0 Å². The summed E-state index contributed by atoms with van der Waals surface area (Å²) in [5.41, 5.74) is 0.355. The minimum absolute atomic E-state index is 0.310. The van der Waals surface area contributed by atoms with Crippen LogP contribution in [0.25, 0.3) is 0 Å². The zero-order chi connectivity index (χ0) is 14.0. The van der Waals surface area contributed by atoms with Crippen LogP contribution in [-0.2, 0) is 4.79 Å². The van der Waals surface area contributed by atoms with Crippen LogP contribution in [-0.4, -0.2) is 29.8 Å². The molecule has 0 bridgehead atoms. The molecule has 0 N–H and O–H groups in total. The van der Waals surface area contributed by atoms with Gasteiger partial charge in [0.25, 0.3) is 0 Å². The predicted molar refractivity (Wildman–Crippen MR) is 80.2 cm³/mol.